The Hall–Kier alpha value is -5.34. The SMILES string of the molecule is CC(C)(C)c1ccc2c(c1)-c1cc(-c3ccccc3)cc[n+]1/C(=C1\Cc3cc4ccc5ccccc5c4cc3-c3cccc[n+]31)C2. The Morgan fingerprint density at radius 3 is 2.04 bits per heavy atom. The molecule has 2 nitrogen and oxygen atoms in total. The van der Waals surface area contributed by atoms with E-state index in [2.05, 4.69) is 170 Å². The van der Waals surface area contributed by atoms with Gasteiger partial charge in [-0.05, 0) is 79.0 Å². The van der Waals surface area contributed by atoms with Gasteiger partial charge >= 0.3 is 0 Å². The lowest BCUT2D eigenvalue weighted by Gasteiger charge is -2.24. The summed E-state index contributed by atoms with van der Waals surface area (Å²) >= 11 is 0. The average molecular weight is 593 g/mol. The van der Waals surface area contributed by atoms with Crippen molar-refractivity contribution in [2.45, 2.75) is 39.0 Å². The maximum Gasteiger partial charge on any atom is 0.259 e. The van der Waals surface area contributed by atoms with Crippen molar-refractivity contribution in [3.8, 4) is 33.6 Å². The number of hydrogen-bond donors (Lipinski definition) is 0. The molecule has 0 aliphatic carbocycles. The molecule has 5 aromatic carbocycles. The maximum absolute atomic E-state index is 2.47. The van der Waals surface area contributed by atoms with Gasteiger partial charge in [0.2, 0.25) is 11.4 Å². The van der Waals surface area contributed by atoms with E-state index in [9.17, 15) is 0 Å². The first-order valence-electron chi connectivity index (χ1n) is 16.4. The molecule has 9 rings (SSSR count). The van der Waals surface area contributed by atoms with Crippen molar-refractivity contribution in [1.82, 2.24) is 0 Å². The highest BCUT2D eigenvalue weighted by Gasteiger charge is 2.39. The molecule has 0 amide bonds. The van der Waals surface area contributed by atoms with Gasteiger partial charge in [0.05, 0.1) is 24.0 Å². The summed E-state index contributed by atoms with van der Waals surface area (Å²) in [6.07, 6.45) is 6.31. The van der Waals surface area contributed by atoms with Crippen LogP contribution in [0.25, 0.3) is 66.6 Å². The first kappa shape index (κ1) is 27.0. The van der Waals surface area contributed by atoms with Crippen LogP contribution in [0.2, 0.25) is 0 Å². The van der Waals surface area contributed by atoms with Crippen LogP contribution in [-0.2, 0) is 18.3 Å². The fourth-order valence-electron chi connectivity index (χ4n) is 7.59. The number of aromatic nitrogens is 2. The summed E-state index contributed by atoms with van der Waals surface area (Å²) in [4.78, 5) is 0. The Bertz CT molecular complexity index is 2390. The monoisotopic (exact) mass is 592 g/mol. The second kappa shape index (κ2) is 10.1. The second-order valence-corrected chi connectivity index (χ2v) is 13.9. The zero-order valence-corrected chi connectivity index (χ0v) is 26.6. The van der Waals surface area contributed by atoms with Crippen LogP contribution >= 0.6 is 0 Å². The predicted octanol–water partition coefficient (Wildman–Crippen LogP) is 9.80. The minimum absolute atomic E-state index is 0.0750. The van der Waals surface area contributed by atoms with Gasteiger partial charge in [-0.25, -0.2) is 0 Å². The first-order valence-corrected chi connectivity index (χ1v) is 16.4. The molecule has 7 aromatic rings. The number of rotatable bonds is 1. The molecule has 2 aliphatic heterocycles. The lowest BCUT2D eigenvalue weighted by Crippen LogP contribution is -2.47. The Morgan fingerprint density at radius 1 is 0.478 bits per heavy atom. The van der Waals surface area contributed by atoms with Gasteiger partial charge in [-0.1, -0.05) is 99.6 Å². The second-order valence-electron chi connectivity index (χ2n) is 13.9. The summed E-state index contributed by atoms with van der Waals surface area (Å²) in [5.41, 5.74) is 14.5. The van der Waals surface area contributed by atoms with Crippen LogP contribution in [0.1, 0.15) is 37.5 Å². The molecule has 4 heterocycles. The van der Waals surface area contributed by atoms with Crippen LogP contribution in [0.3, 0.4) is 0 Å². The fourth-order valence-corrected chi connectivity index (χ4v) is 7.59. The number of benzene rings is 5. The third-order valence-corrected chi connectivity index (χ3v) is 10.0. The van der Waals surface area contributed by atoms with Crippen molar-refractivity contribution in [2.24, 2.45) is 0 Å². The molecule has 0 saturated heterocycles. The van der Waals surface area contributed by atoms with Crippen molar-refractivity contribution in [3.05, 3.63) is 156 Å². The molecule has 0 unspecified atom stereocenters. The smallest absolute Gasteiger partial charge is 0.158 e. The standard InChI is InChI=1S/C44H36N2/c1-44(2,3)35-19-18-33-25-42(46-22-20-31(24-41(46)38(33)27-35)29-11-5-4-6-12-29)43-26-34-23-32-17-16-30-13-7-8-14-36(30)37(32)28-39(34)40-15-9-10-21-45(40)43/h4-24,27-28H,25-26H2,1-3H3/q+2/b43-42+. The van der Waals surface area contributed by atoms with Crippen molar-refractivity contribution < 1.29 is 9.13 Å². The molecule has 0 atom stereocenters. The Morgan fingerprint density at radius 2 is 1.20 bits per heavy atom. The van der Waals surface area contributed by atoms with E-state index in [1.165, 1.54) is 83.3 Å². The summed E-state index contributed by atoms with van der Waals surface area (Å²) in [6.45, 7) is 6.91. The molecule has 0 radical (unpaired) electrons. The molecule has 0 bridgehead atoms. The molecular weight excluding hydrogens is 556 g/mol. The van der Waals surface area contributed by atoms with Crippen LogP contribution in [0.5, 0.6) is 0 Å². The van der Waals surface area contributed by atoms with E-state index in [1.807, 2.05) is 0 Å². The van der Waals surface area contributed by atoms with Crippen molar-refractivity contribution in [1.29, 1.82) is 0 Å². The van der Waals surface area contributed by atoms with E-state index in [-0.39, 0.29) is 5.41 Å². The number of fused-ring (bicyclic) bond motifs is 9. The van der Waals surface area contributed by atoms with Gasteiger partial charge in [0.25, 0.3) is 11.4 Å². The van der Waals surface area contributed by atoms with Gasteiger partial charge in [0.1, 0.15) is 0 Å². The summed E-state index contributed by atoms with van der Waals surface area (Å²) in [7, 11) is 0. The van der Waals surface area contributed by atoms with Gasteiger partial charge in [0.15, 0.2) is 12.4 Å². The number of allylic oxidation sites excluding steroid dienone is 2. The summed E-state index contributed by atoms with van der Waals surface area (Å²) in [5.74, 6) is 0. The molecular formula is C44H36N2+2. The summed E-state index contributed by atoms with van der Waals surface area (Å²) < 4.78 is 4.92. The van der Waals surface area contributed by atoms with E-state index < -0.39 is 0 Å². The van der Waals surface area contributed by atoms with Crippen molar-refractivity contribution in [2.75, 3.05) is 0 Å². The largest absolute Gasteiger partial charge is 0.259 e. The van der Waals surface area contributed by atoms with Crippen molar-refractivity contribution in [3.63, 3.8) is 0 Å². The average Bonchev–Trinajstić information content (AvgIpc) is 3.09. The fraction of sp³-hybridized carbons (Fsp3) is 0.136. The summed E-state index contributed by atoms with van der Waals surface area (Å²) in [6, 6.07) is 47.4. The van der Waals surface area contributed by atoms with E-state index >= 15 is 0 Å². The van der Waals surface area contributed by atoms with E-state index in [0.29, 0.717) is 0 Å². The van der Waals surface area contributed by atoms with Gasteiger partial charge in [-0.2, -0.15) is 9.13 Å². The number of hydrogen-bond acceptors (Lipinski definition) is 0. The highest BCUT2D eigenvalue weighted by Crippen LogP contribution is 2.40. The molecule has 220 valence electrons. The highest BCUT2D eigenvalue weighted by molar-refractivity contribution is 6.09. The Balaban J connectivity index is 1.28. The maximum atomic E-state index is 2.47. The topological polar surface area (TPSA) is 7.76 Å². The lowest BCUT2D eigenvalue weighted by molar-refractivity contribution is -0.602. The molecule has 0 saturated carbocycles. The molecule has 0 N–H and O–H groups in total. The van der Waals surface area contributed by atoms with Crippen LogP contribution in [0.15, 0.2) is 140 Å². The molecule has 0 spiro atoms. The van der Waals surface area contributed by atoms with Crippen LogP contribution < -0.4 is 9.13 Å². The van der Waals surface area contributed by atoms with Gasteiger partial charge < -0.3 is 0 Å². The predicted molar refractivity (Wildman–Crippen MR) is 190 cm³/mol. The van der Waals surface area contributed by atoms with Gasteiger partial charge in [-0.3, -0.25) is 0 Å². The number of nitrogens with zero attached hydrogens (tertiary/aromatic N) is 2. The number of pyridine rings is 2. The van der Waals surface area contributed by atoms with Gasteiger partial charge in [-0.15, -0.1) is 0 Å². The zero-order chi connectivity index (χ0) is 31.0. The van der Waals surface area contributed by atoms with Crippen LogP contribution in [-0.4, -0.2) is 0 Å². The lowest BCUT2D eigenvalue weighted by atomic mass is 9.82. The van der Waals surface area contributed by atoms with Crippen LogP contribution in [0.4, 0.5) is 0 Å². The van der Waals surface area contributed by atoms with E-state index in [4.69, 9.17) is 0 Å². The quantitative estimate of drug-likeness (QED) is 0.132. The van der Waals surface area contributed by atoms with E-state index in [0.717, 1.165) is 12.8 Å². The van der Waals surface area contributed by atoms with Crippen LogP contribution in [0, 0.1) is 0 Å². The third kappa shape index (κ3) is 4.24. The third-order valence-electron chi connectivity index (χ3n) is 10.0. The normalized spacial score (nSPS) is 15.3. The summed E-state index contributed by atoms with van der Waals surface area (Å²) in [5, 5.41) is 5.22. The Labute approximate surface area is 270 Å². The molecule has 2 heteroatoms. The molecule has 0 fully saturated rings. The first-order chi connectivity index (χ1) is 22.4. The minimum atomic E-state index is 0.0750. The molecule has 2 aliphatic rings. The van der Waals surface area contributed by atoms with Crippen molar-refractivity contribution >= 4 is 32.9 Å². The minimum Gasteiger partial charge on any atom is -0.158 e. The van der Waals surface area contributed by atoms with E-state index in [1.54, 1.807) is 0 Å². The molecule has 2 aromatic heterocycles. The highest BCUT2D eigenvalue weighted by atomic mass is 15.1. The van der Waals surface area contributed by atoms with Gasteiger partial charge in [0, 0.05) is 24.3 Å². The zero-order valence-electron chi connectivity index (χ0n) is 26.6. The molecule has 46 heavy (non-hydrogen) atoms. The Kier molecular flexibility index (Phi) is 5.92.